The van der Waals surface area contributed by atoms with E-state index in [0.29, 0.717) is 53.8 Å². The van der Waals surface area contributed by atoms with Crippen LogP contribution in [0.5, 0.6) is 5.75 Å². The van der Waals surface area contributed by atoms with Gasteiger partial charge in [-0.1, -0.05) is 26.0 Å². The number of urea groups is 1. The molecule has 7 rings (SSSR count). The summed E-state index contributed by atoms with van der Waals surface area (Å²) in [5, 5.41) is 23.6. The number of pyridine rings is 2. The van der Waals surface area contributed by atoms with Gasteiger partial charge in [-0.3, -0.25) is 14.4 Å². The first kappa shape index (κ1) is 49.8. The van der Waals surface area contributed by atoms with Crippen LogP contribution < -0.4 is 37.3 Å². The zero-order valence-corrected chi connectivity index (χ0v) is 39.9. The fraction of sp³-hybridized carbons (Fsp3) is 0.469. The summed E-state index contributed by atoms with van der Waals surface area (Å²) < 4.78 is 18.0. The van der Waals surface area contributed by atoms with Crippen LogP contribution in [0.3, 0.4) is 0 Å². The Hall–Kier alpha value is -7.06. The van der Waals surface area contributed by atoms with E-state index in [1.807, 2.05) is 20.8 Å². The normalized spacial score (nSPS) is 16.8. The van der Waals surface area contributed by atoms with Gasteiger partial charge in [0.05, 0.1) is 34.6 Å². The van der Waals surface area contributed by atoms with Crippen molar-refractivity contribution in [2.75, 3.05) is 39.0 Å². The largest absolute Gasteiger partial charge is 0.458 e. The lowest BCUT2D eigenvalue weighted by molar-refractivity contribution is -0.172. The van der Waals surface area contributed by atoms with Crippen LogP contribution in [-0.2, 0) is 55.6 Å². The van der Waals surface area contributed by atoms with Gasteiger partial charge in [0.1, 0.15) is 25.0 Å². The lowest BCUT2D eigenvalue weighted by Gasteiger charge is -2.43. The number of nitrogens with two attached hydrogens (primary N) is 1. The predicted octanol–water partition coefficient (Wildman–Crippen LogP) is 4.13. The van der Waals surface area contributed by atoms with Gasteiger partial charge in [-0.2, -0.15) is 0 Å². The van der Waals surface area contributed by atoms with Crippen molar-refractivity contribution in [3.63, 3.8) is 0 Å². The minimum atomic E-state index is -1.94. The van der Waals surface area contributed by atoms with E-state index in [2.05, 4.69) is 21.3 Å². The Kier molecular flexibility index (Phi) is 14.9. The van der Waals surface area contributed by atoms with Gasteiger partial charge < -0.3 is 60.7 Å². The Balaban J connectivity index is 0.908. The number of aromatic nitrogens is 2. The first-order chi connectivity index (χ1) is 32.9. The number of aryl methyl sites for hydroxylation is 1. The van der Waals surface area contributed by atoms with Gasteiger partial charge in [0.25, 0.3) is 5.56 Å². The first-order valence-electron chi connectivity index (χ1n) is 23.3. The maximum atomic E-state index is 13.7. The molecule has 2 aromatic heterocycles. The molecule has 7 N–H and O–H groups in total. The zero-order chi connectivity index (χ0) is 49.8. The van der Waals surface area contributed by atoms with Crippen LogP contribution in [0.2, 0.25) is 0 Å². The summed E-state index contributed by atoms with van der Waals surface area (Å²) in [6.45, 7) is 8.02. The van der Waals surface area contributed by atoms with E-state index in [-0.39, 0.29) is 86.6 Å². The number of likely N-dealkylation sites (N-methyl/N-ethyl adjacent to an activating group) is 2. The Morgan fingerprint density at radius 1 is 0.971 bits per heavy atom. The van der Waals surface area contributed by atoms with Crippen LogP contribution in [0.4, 0.5) is 20.1 Å². The molecule has 4 heterocycles. The number of primary amides is 1. The van der Waals surface area contributed by atoms with Crippen LogP contribution in [-0.4, -0.2) is 112 Å². The van der Waals surface area contributed by atoms with Crippen LogP contribution in [0, 0.1) is 0 Å². The number of benzene rings is 2. The summed E-state index contributed by atoms with van der Waals surface area (Å²) in [6, 6.07) is 12.0. The van der Waals surface area contributed by atoms with Crippen molar-refractivity contribution in [3.8, 4) is 17.1 Å². The highest BCUT2D eigenvalue weighted by atomic mass is 16.6. The number of amides is 6. The second-order valence-corrected chi connectivity index (χ2v) is 18.2. The molecule has 2 aromatic carbocycles. The standard InChI is InChI=1S/C49H61N9O11/c1-7-32-33-23-31(16-17-37(33)53-40-34(32)25-58-39(40)24-36-35(42(58)60)27-67-44(62)49(36,66)8-2)69-47(65)57(6)22-21-56(5)46(64)68-26-29-12-14-30(15-13-29)52-41(59)38(11-9-20-51-45(50)63)54-43(61)48(18-10-19-48)55-28(3)4/h12-17,23-24,28,38,55,66H,7-11,18-22,25-27H2,1-6H3,(H,52,59)(H,54,61)(H3,50,51,63)/t38-,49-/m0/s1. The van der Waals surface area contributed by atoms with Crippen molar-refractivity contribution < 1.29 is 48.1 Å². The molecule has 1 saturated carbocycles. The second kappa shape index (κ2) is 20.7. The smallest absolute Gasteiger partial charge is 0.415 e. The molecule has 1 aliphatic carbocycles. The third kappa shape index (κ3) is 10.5. The van der Waals surface area contributed by atoms with Crippen LogP contribution in [0.1, 0.15) is 94.0 Å². The highest BCUT2D eigenvalue weighted by molar-refractivity contribution is 5.99. The van der Waals surface area contributed by atoms with Crippen LogP contribution in [0.15, 0.2) is 53.3 Å². The highest BCUT2D eigenvalue weighted by Crippen LogP contribution is 2.41. The van der Waals surface area contributed by atoms with Gasteiger partial charge >= 0.3 is 24.2 Å². The molecule has 4 aromatic rings. The number of ether oxygens (including phenoxy) is 3. The Labute approximate surface area is 399 Å². The van der Waals surface area contributed by atoms with E-state index in [4.69, 9.17) is 24.9 Å². The molecule has 0 unspecified atom stereocenters. The highest BCUT2D eigenvalue weighted by Gasteiger charge is 2.46. The van der Waals surface area contributed by atoms with E-state index in [9.17, 15) is 38.7 Å². The molecular formula is C49H61N9O11. The van der Waals surface area contributed by atoms with Crippen LogP contribution in [0.25, 0.3) is 22.3 Å². The summed E-state index contributed by atoms with van der Waals surface area (Å²) in [6.07, 6.45) is 2.24. The molecule has 20 heteroatoms. The lowest BCUT2D eigenvalue weighted by Crippen LogP contribution is -2.65. The fourth-order valence-electron chi connectivity index (χ4n) is 9.04. The number of aliphatic hydroxyl groups is 1. The van der Waals surface area contributed by atoms with Crippen molar-refractivity contribution in [2.45, 2.75) is 116 Å². The number of hydrogen-bond donors (Lipinski definition) is 6. The van der Waals surface area contributed by atoms with Gasteiger partial charge in [0, 0.05) is 62.0 Å². The monoisotopic (exact) mass is 951 g/mol. The molecule has 0 bridgehead atoms. The maximum Gasteiger partial charge on any atom is 0.415 e. The molecule has 69 heavy (non-hydrogen) atoms. The van der Waals surface area contributed by atoms with E-state index in [1.165, 1.54) is 9.80 Å². The summed E-state index contributed by atoms with van der Waals surface area (Å²) in [4.78, 5) is 98.1. The molecule has 2 aliphatic heterocycles. The van der Waals surface area contributed by atoms with E-state index in [1.54, 1.807) is 74.1 Å². The number of hydrogen-bond acceptors (Lipinski definition) is 13. The molecular weight excluding hydrogens is 891 g/mol. The van der Waals surface area contributed by atoms with Crippen LogP contribution >= 0.6 is 0 Å². The van der Waals surface area contributed by atoms with Gasteiger partial charge in [-0.25, -0.2) is 24.2 Å². The molecule has 6 amide bonds. The van der Waals surface area contributed by atoms with Crippen molar-refractivity contribution in [2.24, 2.45) is 5.73 Å². The lowest BCUT2D eigenvalue weighted by atomic mass is 9.75. The molecule has 368 valence electrons. The summed E-state index contributed by atoms with van der Waals surface area (Å²) in [5.41, 5.74) is 7.20. The number of anilines is 1. The third-order valence-corrected chi connectivity index (χ3v) is 13.1. The summed E-state index contributed by atoms with van der Waals surface area (Å²) in [7, 11) is 3.10. The minimum Gasteiger partial charge on any atom is -0.458 e. The van der Waals surface area contributed by atoms with Crippen molar-refractivity contribution in [1.29, 1.82) is 0 Å². The average molecular weight is 952 g/mol. The van der Waals surface area contributed by atoms with Crippen molar-refractivity contribution in [1.82, 2.24) is 35.3 Å². The van der Waals surface area contributed by atoms with E-state index in [0.717, 1.165) is 22.9 Å². The number of esters is 1. The molecule has 0 spiro atoms. The molecule has 20 nitrogen and oxygen atoms in total. The Morgan fingerprint density at radius 2 is 1.68 bits per heavy atom. The number of rotatable bonds is 18. The first-order valence-corrected chi connectivity index (χ1v) is 23.3. The number of carbonyl (C=O) groups is 6. The quantitative estimate of drug-likeness (QED) is 0.0534. The molecule has 1 fully saturated rings. The maximum absolute atomic E-state index is 13.7. The summed E-state index contributed by atoms with van der Waals surface area (Å²) >= 11 is 0. The van der Waals surface area contributed by atoms with E-state index < -0.39 is 47.3 Å². The fourth-order valence-corrected chi connectivity index (χ4v) is 9.04. The zero-order valence-electron chi connectivity index (χ0n) is 39.9. The van der Waals surface area contributed by atoms with Crippen molar-refractivity contribution >= 4 is 52.6 Å². The molecule has 2 atom stereocenters. The predicted molar refractivity (Wildman–Crippen MR) is 254 cm³/mol. The topological polar surface area (TPSA) is 266 Å². The van der Waals surface area contributed by atoms with Gasteiger partial charge in [0.15, 0.2) is 5.60 Å². The van der Waals surface area contributed by atoms with Crippen molar-refractivity contribution in [3.05, 3.63) is 86.7 Å². The second-order valence-electron chi connectivity index (χ2n) is 18.2. The Bertz CT molecular complexity index is 2720. The Morgan fingerprint density at radius 3 is 2.32 bits per heavy atom. The number of fused-ring (bicyclic) bond motifs is 5. The summed E-state index contributed by atoms with van der Waals surface area (Å²) in [5.74, 6) is -1.18. The SMILES string of the molecule is CCc1c2c(nc3ccc(OC(=O)N(C)CCN(C)C(=O)OCc4ccc(NC(=O)[C@H](CCCNC(N)=O)NC(=O)C5(NC(C)C)CCC5)cc4)cc13)-c1cc3c(c(=O)n1C2)COC(=O)[C@]3(O)CC. The van der Waals surface area contributed by atoms with Gasteiger partial charge in [-0.05, 0) is 106 Å². The number of carbonyl (C=O) groups excluding carboxylic acids is 6. The molecule has 0 radical (unpaired) electrons. The molecule has 0 saturated heterocycles. The van der Waals surface area contributed by atoms with Gasteiger partial charge in [-0.15, -0.1) is 0 Å². The third-order valence-electron chi connectivity index (χ3n) is 13.1. The van der Waals surface area contributed by atoms with Gasteiger partial charge in [0.2, 0.25) is 11.8 Å². The number of nitrogens with zero attached hydrogens (tertiary/aromatic N) is 4. The molecule has 3 aliphatic rings. The number of nitrogens with one attached hydrogen (secondary N) is 4. The minimum absolute atomic E-state index is 0.0379. The van der Waals surface area contributed by atoms with E-state index >= 15 is 0 Å². The number of cyclic esters (lactones) is 1. The average Bonchev–Trinajstić information content (AvgIpc) is 3.68.